The lowest BCUT2D eigenvalue weighted by Gasteiger charge is -2.08. The topological polar surface area (TPSA) is 37.3 Å². The molecule has 116 valence electrons. The Balaban J connectivity index is 2.13. The molecular weight excluding hydrogens is 329 g/mol. The van der Waals surface area contributed by atoms with Crippen LogP contribution < -0.4 is 5.43 Å². The Hall–Kier alpha value is -2.22. The van der Waals surface area contributed by atoms with Gasteiger partial charge in [-0.2, -0.15) is 18.3 Å². The smallest absolute Gasteiger partial charge is 0.260 e. The lowest BCUT2D eigenvalue weighted by molar-refractivity contribution is -0.137. The molecule has 9 heteroatoms. The molecule has 0 fully saturated rings. The largest absolute Gasteiger partial charge is 0.417 e. The minimum Gasteiger partial charge on any atom is -0.260 e. The van der Waals surface area contributed by atoms with Gasteiger partial charge in [-0.3, -0.25) is 5.43 Å². The lowest BCUT2D eigenvalue weighted by Crippen LogP contribution is -2.06. The number of alkyl halides is 3. The van der Waals surface area contributed by atoms with Gasteiger partial charge in [-0.15, -0.1) is 0 Å². The van der Waals surface area contributed by atoms with Crippen molar-refractivity contribution in [1.82, 2.24) is 4.98 Å². The molecule has 0 spiro atoms. The first-order valence-corrected chi connectivity index (χ1v) is 6.12. The van der Waals surface area contributed by atoms with Crippen LogP contribution in [-0.4, -0.2) is 11.2 Å². The molecule has 2 rings (SSSR count). The van der Waals surface area contributed by atoms with Gasteiger partial charge in [0, 0.05) is 17.8 Å². The van der Waals surface area contributed by atoms with Gasteiger partial charge in [0.1, 0.15) is 11.6 Å². The van der Waals surface area contributed by atoms with Crippen molar-refractivity contribution in [2.24, 2.45) is 5.10 Å². The highest BCUT2D eigenvalue weighted by Gasteiger charge is 2.31. The van der Waals surface area contributed by atoms with Crippen LogP contribution in [0.4, 0.5) is 27.8 Å². The van der Waals surface area contributed by atoms with Crippen LogP contribution in [0.25, 0.3) is 0 Å². The van der Waals surface area contributed by atoms with Gasteiger partial charge in [0.25, 0.3) is 0 Å². The fourth-order valence-corrected chi connectivity index (χ4v) is 1.65. The van der Waals surface area contributed by atoms with E-state index in [-0.39, 0.29) is 16.4 Å². The number of nitrogens with one attached hydrogen (secondary N) is 1. The molecule has 1 aromatic heterocycles. The Bertz CT molecular complexity index is 715. The van der Waals surface area contributed by atoms with Crippen LogP contribution in [0.3, 0.4) is 0 Å². The van der Waals surface area contributed by atoms with Gasteiger partial charge in [0.2, 0.25) is 0 Å². The van der Waals surface area contributed by atoms with Crippen molar-refractivity contribution in [3.05, 3.63) is 58.2 Å². The second-order valence-corrected chi connectivity index (χ2v) is 4.50. The number of hydrogen-bond donors (Lipinski definition) is 1. The molecular formula is C13H7ClF5N3. The zero-order valence-electron chi connectivity index (χ0n) is 10.6. The summed E-state index contributed by atoms with van der Waals surface area (Å²) in [5.41, 5.74) is 1.26. The summed E-state index contributed by atoms with van der Waals surface area (Å²) in [4.78, 5) is 3.48. The second-order valence-electron chi connectivity index (χ2n) is 4.09. The van der Waals surface area contributed by atoms with Gasteiger partial charge in [0.05, 0.1) is 16.8 Å². The second kappa shape index (κ2) is 6.27. The Labute approximate surface area is 126 Å². The molecule has 0 aliphatic carbocycles. The third-order valence-electron chi connectivity index (χ3n) is 2.51. The van der Waals surface area contributed by atoms with Crippen molar-refractivity contribution in [3.63, 3.8) is 0 Å². The zero-order valence-corrected chi connectivity index (χ0v) is 11.4. The average molecular weight is 336 g/mol. The highest BCUT2D eigenvalue weighted by molar-refractivity contribution is 6.32. The van der Waals surface area contributed by atoms with Crippen LogP contribution in [0.2, 0.25) is 5.02 Å². The summed E-state index contributed by atoms with van der Waals surface area (Å²) < 4.78 is 63.3. The molecule has 1 aromatic carbocycles. The maximum absolute atomic E-state index is 13.3. The van der Waals surface area contributed by atoms with Crippen molar-refractivity contribution in [2.45, 2.75) is 6.18 Å². The minimum absolute atomic E-state index is 0.0167. The molecule has 0 unspecified atom stereocenters. The molecule has 0 radical (unpaired) electrons. The summed E-state index contributed by atoms with van der Waals surface area (Å²) in [5, 5.41) is 3.29. The molecule has 0 saturated carbocycles. The van der Waals surface area contributed by atoms with Gasteiger partial charge in [0.15, 0.2) is 5.82 Å². The molecule has 1 heterocycles. The summed E-state index contributed by atoms with van der Waals surface area (Å²) in [7, 11) is 0. The van der Waals surface area contributed by atoms with E-state index in [2.05, 4.69) is 15.5 Å². The van der Waals surface area contributed by atoms with Crippen molar-refractivity contribution < 1.29 is 22.0 Å². The maximum Gasteiger partial charge on any atom is 0.417 e. The molecule has 0 saturated heterocycles. The van der Waals surface area contributed by atoms with E-state index in [0.717, 1.165) is 18.3 Å². The van der Waals surface area contributed by atoms with Crippen molar-refractivity contribution in [1.29, 1.82) is 0 Å². The average Bonchev–Trinajstić information content (AvgIpc) is 2.41. The van der Waals surface area contributed by atoms with Gasteiger partial charge >= 0.3 is 6.18 Å². The van der Waals surface area contributed by atoms with E-state index in [0.29, 0.717) is 18.3 Å². The SMILES string of the molecule is Fc1ccc(/C=N/Nc2ncc(C(F)(F)F)cc2Cl)c(F)c1. The number of halogens is 6. The number of hydrogen-bond acceptors (Lipinski definition) is 3. The fourth-order valence-electron chi connectivity index (χ4n) is 1.44. The van der Waals surface area contributed by atoms with Gasteiger partial charge in [-0.25, -0.2) is 13.8 Å². The van der Waals surface area contributed by atoms with Crippen LogP contribution in [0.15, 0.2) is 35.6 Å². The zero-order chi connectivity index (χ0) is 16.3. The van der Waals surface area contributed by atoms with Crippen LogP contribution in [0.5, 0.6) is 0 Å². The minimum atomic E-state index is -4.56. The van der Waals surface area contributed by atoms with Crippen LogP contribution in [-0.2, 0) is 6.18 Å². The van der Waals surface area contributed by atoms with Crippen molar-refractivity contribution >= 4 is 23.6 Å². The first-order valence-electron chi connectivity index (χ1n) is 5.74. The molecule has 3 nitrogen and oxygen atoms in total. The Morgan fingerprint density at radius 1 is 1.18 bits per heavy atom. The normalized spacial score (nSPS) is 11.9. The Kier molecular flexibility index (Phi) is 4.60. The third kappa shape index (κ3) is 3.91. The predicted molar refractivity (Wildman–Crippen MR) is 71.8 cm³/mol. The highest BCUT2D eigenvalue weighted by atomic mass is 35.5. The van der Waals surface area contributed by atoms with Crippen molar-refractivity contribution in [3.8, 4) is 0 Å². The molecule has 2 aromatic rings. The quantitative estimate of drug-likeness (QED) is 0.510. The van der Waals surface area contributed by atoms with E-state index >= 15 is 0 Å². The number of pyridine rings is 1. The number of aromatic nitrogens is 1. The van der Waals surface area contributed by atoms with E-state index in [1.807, 2.05) is 0 Å². The molecule has 0 atom stereocenters. The highest BCUT2D eigenvalue weighted by Crippen LogP contribution is 2.32. The van der Waals surface area contributed by atoms with Crippen LogP contribution >= 0.6 is 11.6 Å². The lowest BCUT2D eigenvalue weighted by atomic mass is 10.2. The molecule has 22 heavy (non-hydrogen) atoms. The van der Waals surface area contributed by atoms with Gasteiger partial charge < -0.3 is 0 Å². The summed E-state index contributed by atoms with van der Waals surface area (Å²) in [6.07, 6.45) is -2.96. The van der Waals surface area contributed by atoms with Gasteiger partial charge in [-0.05, 0) is 18.2 Å². The molecule has 0 aliphatic rings. The van der Waals surface area contributed by atoms with E-state index in [1.54, 1.807) is 0 Å². The number of nitrogens with zero attached hydrogens (tertiary/aromatic N) is 2. The first kappa shape index (κ1) is 16.2. The van der Waals surface area contributed by atoms with Crippen LogP contribution in [0, 0.1) is 11.6 Å². The van der Waals surface area contributed by atoms with Crippen LogP contribution in [0.1, 0.15) is 11.1 Å². The first-order chi connectivity index (χ1) is 10.3. The summed E-state index contributed by atoms with van der Waals surface area (Å²) in [6.45, 7) is 0. The molecule has 0 bridgehead atoms. The number of hydrazone groups is 1. The standard InChI is InChI=1S/C13H7ClF5N3/c14-10-3-8(13(17,18)19)6-20-12(10)22-21-5-7-1-2-9(15)4-11(7)16/h1-6H,(H,20,22)/b21-5+. The van der Waals surface area contributed by atoms with E-state index in [1.165, 1.54) is 0 Å². The van der Waals surface area contributed by atoms with E-state index in [9.17, 15) is 22.0 Å². The molecule has 1 N–H and O–H groups in total. The van der Waals surface area contributed by atoms with E-state index in [4.69, 9.17) is 11.6 Å². The number of benzene rings is 1. The fraction of sp³-hybridized carbons (Fsp3) is 0.0769. The molecule has 0 aliphatic heterocycles. The summed E-state index contributed by atoms with van der Waals surface area (Å²) >= 11 is 5.65. The number of rotatable bonds is 3. The Morgan fingerprint density at radius 3 is 2.50 bits per heavy atom. The number of anilines is 1. The van der Waals surface area contributed by atoms with E-state index < -0.39 is 23.4 Å². The monoisotopic (exact) mass is 335 g/mol. The van der Waals surface area contributed by atoms with Gasteiger partial charge in [-0.1, -0.05) is 11.6 Å². The third-order valence-corrected chi connectivity index (χ3v) is 2.79. The predicted octanol–water partition coefficient (Wildman–Crippen LogP) is 4.48. The van der Waals surface area contributed by atoms with Crippen molar-refractivity contribution in [2.75, 3.05) is 5.43 Å². The molecule has 0 amide bonds. The summed E-state index contributed by atoms with van der Waals surface area (Å²) in [6, 6.07) is 3.54. The maximum atomic E-state index is 13.3. The summed E-state index contributed by atoms with van der Waals surface area (Å²) in [5.74, 6) is -1.71. The Morgan fingerprint density at radius 2 is 1.91 bits per heavy atom.